The molecule has 0 aliphatic heterocycles. The molecule has 0 aliphatic rings. The first kappa shape index (κ1) is 15.8. The standard InChI is InChI=1S/C14H20N2O4/c1-10(11-6-4-5-7-12(11)20-3)15-14(19)16(2)9-8-13(17)18/h4-7,10H,8-9H2,1-3H3,(H,15,19)(H,17,18). The lowest BCUT2D eigenvalue weighted by atomic mass is 10.1. The zero-order chi connectivity index (χ0) is 15.1. The van der Waals surface area contributed by atoms with Crippen LogP contribution in [-0.4, -0.2) is 42.7 Å². The molecule has 0 fully saturated rings. The summed E-state index contributed by atoms with van der Waals surface area (Å²) in [7, 11) is 3.14. The van der Waals surface area contributed by atoms with Crippen LogP contribution in [-0.2, 0) is 4.79 Å². The molecular formula is C14H20N2O4. The maximum absolute atomic E-state index is 11.9. The van der Waals surface area contributed by atoms with E-state index in [1.165, 1.54) is 4.90 Å². The Balaban J connectivity index is 2.63. The van der Waals surface area contributed by atoms with Crippen LogP contribution in [0.2, 0.25) is 0 Å². The van der Waals surface area contributed by atoms with E-state index in [-0.39, 0.29) is 25.0 Å². The van der Waals surface area contributed by atoms with Crippen molar-refractivity contribution in [2.45, 2.75) is 19.4 Å². The number of benzene rings is 1. The van der Waals surface area contributed by atoms with Gasteiger partial charge in [-0.2, -0.15) is 0 Å². The molecule has 1 unspecified atom stereocenters. The molecule has 0 heterocycles. The van der Waals surface area contributed by atoms with Crippen molar-refractivity contribution in [1.82, 2.24) is 10.2 Å². The summed E-state index contributed by atoms with van der Waals surface area (Å²) in [5, 5.41) is 11.4. The minimum atomic E-state index is -0.928. The van der Waals surface area contributed by atoms with Crippen molar-refractivity contribution < 1.29 is 19.4 Å². The van der Waals surface area contributed by atoms with Crippen molar-refractivity contribution >= 4 is 12.0 Å². The van der Waals surface area contributed by atoms with Gasteiger partial charge in [0.2, 0.25) is 0 Å². The molecular weight excluding hydrogens is 260 g/mol. The van der Waals surface area contributed by atoms with Gasteiger partial charge in [-0.3, -0.25) is 4.79 Å². The maximum atomic E-state index is 11.9. The fourth-order valence-corrected chi connectivity index (χ4v) is 1.76. The third kappa shape index (κ3) is 4.46. The summed E-state index contributed by atoms with van der Waals surface area (Å²) < 4.78 is 5.24. The summed E-state index contributed by atoms with van der Waals surface area (Å²) in [4.78, 5) is 23.7. The lowest BCUT2D eigenvalue weighted by molar-refractivity contribution is -0.137. The molecule has 2 amide bonds. The van der Waals surface area contributed by atoms with E-state index in [9.17, 15) is 9.59 Å². The molecule has 6 heteroatoms. The number of ether oxygens (including phenoxy) is 1. The summed E-state index contributed by atoms with van der Waals surface area (Å²) in [6.45, 7) is 2.01. The average Bonchev–Trinajstić information content (AvgIpc) is 2.44. The molecule has 0 spiro atoms. The molecule has 1 aromatic rings. The molecule has 0 saturated heterocycles. The van der Waals surface area contributed by atoms with E-state index >= 15 is 0 Å². The highest BCUT2D eigenvalue weighted by molar-refractivity contribution is 5.75. The Labute approximate surface area is 118 Å². The van der Waals surface area contributed by atoms with E-state index in [0.717, 1.165) is 5.56 Å². The van der Waals surface area contributed by atoms with Crippen LogP contribution in [0.5, 0.6) is 5.75 Å². The second kappa shape index (κ2) is 7.37. The number of para-hydroxylation sites is 1. The number of methoxy groups -OCH3 is 1. The van der Waals surface area contributed by atoms with Crippen LogP contribution in [0, 0.1) is 0 Å². The fraction of sp³-hybridized carbons (Fsp3) is 0.429. The topological polar surface area (TPSA) is 78.9 Å². The van der Waals surface area contributed by atoms with Gasteiger partial charge >= 0.3 is 12.0 Å². The van der Waals surface area contributed by atoms with Crippen LogP contribution in [0.15, 0.2) is 24.3 Å². The van der Waals surface area contributed by atoms with Crippen LogP contribution in [0.4, 0.5) is 4.79 Å². The lowest BCUT2D eigenvalue weighted by Crippen LogP contribution is -2.39. The number of hydrogen-bond donors (Lipinski definition) is 2. The Bertz CT molecular complexity index is 476. The number of aliphatic carboxylic acids is 1. The predicted molar refractivity (Wildman–Crippen MR) is 74.8 cm³/mol. The number of urea groups is 1. The largest absolute Gasteiger partial charge is 0.496 e. The molecule has 1 rings (SSSR count). The second-order valence-corrected chi connectivity index (χ2v) is 4.48. The summed E-state index contributed by atoms with van der Waals surface area (Å²) in [5.74, 6) is -0.226. The maximum Gasteiger partial charge on any atom is 0.317 e. The van der Waals surface area contributed by atoms with Crippen molar-refractivity contribution in [3.8, 4) is 5.75 Å². The van der Waals surface area contributed by atoms with Gasteiger partial charge in [-0.15, -0.1) is 0 Å². The quantitative estimate of drug-likeness (QED) is 0.833. The fourth-order valence-electron chi connectivity index (χ4n) is 1.76. The molecule has 0 bridgehead atoms. The predicted octanol–water partition coefficient (Wildman–Crippen LogP) is 1.87. The highest BCUT2D eigenvalue weighted by Gasteiger charge is 2.16. The summed E-state index contributed by atoms with van der Waals surface area (Å²) in [6, 6.07) is 6.88. The summed E-state index contributed by atoms with van der Waals surface area (Å²) in [6.07, 6.45) is -0.0764. The van der Waals surface area contributed by atoms with Crippen molar-refractivity contribution in [3.05, 3.63) is 29.8 Å². The monoisotopic (exact) mass is 280 g/mol. The smallest absolute Gasteiger partial charge is 0.317 e. The van der Waals surface area contributed by atoms with E-state index in [1.807, 2.05) is 31.2 Å². The van der Waals surface area contributed by atoms with Gasteiger partial charge in [0.1, 0.15) is 5.75 Å². The molecule has 1 atom stereocenters. The molecule has 2 N–H and O–H groups in total. The Morgan fingerprint density at radius 2 is 2.05 bits per heavy atom. The summed E-state index contributed by atoms with van der Waals surface area (Å²) in [5.41, 5.74) is 0.870. The highest BCUT2D eigenvalue weighted by atomic mass is 16.5. The van der Waals surface area contributed by atoms with Crippen molar-refractivity contribution in [1.29, 1.82) is 0 Å². The Kier molecular flexibility index (Phi) is 5.83. The van der Waals surface area contributed by atoms with Crippen molar-refractivity contribution in [2.24, 2.45) is 0 Å². The Hall–Kier alpha value is -2.24. The lowest BCUT2D eigenvalue weighted by Gasteiger charge is -2.22. The molecule has 20 heavy (non-hydrogen) atoms. The Morgan fingerprint density at radius 3 is 2.65 bits per heavy atom. The van der Waals surface area contributed by atoms with Crippen molar-refractivity contribution in [3.63, 3.8) is 0 Å². The number of rotatable bonds is 6. The van der Waals surface area contributed by atoms with Gasteiger partial charge in [0.25, 0.3) is 0 Å². The van der Waals surface area contributed by atoms with Crippen LogP contribution in [0.25, 0.3) is 0 Å². The van der Waals surface area contributed by atoms with Crippen molar-refractivity contribution in [2.75, 3.05) is 20.7 Å². The molecule has 6 nitrogen and oxygen atoms in total. The zero-order valence-corrected chi connectivity index (χ0v) is 11.9. The van der Waals surface area contributed by atoms with Crippen LogP contribution >= 0.6 is 0 Å². The zero-order valence-electron chi connectivity index (χ0n) is 11.9. The number of nitrogens with one attached hydrogen (secondary N) is 1. The number of carboxylic acid groups (broad SMARTS) is 1. The molecule has 1 aromatic carbocycles. The third-order valence-corrected chi connectivity index (χ3v) is 2.95. The Morgan fingerprint density at radius 1 is 1.40 bits per heavy atom. The number of carbonyl (C=O) groups is 2. The van der Waals surface area contributed by atoms with Gasteiger partial charge < -0.3 is 20.1 Å². The normalized spacial score (nSPS) is 11.6. The number of hydrogen-bond acceptors (Lipinski definition) is 3. The van der Waals surface area contributed by atoms with E-state index < -0.39 is 5.97 Å². The van der Waals surface area contributed by atoms with Gasteiger partial charge in [0, 0.05) is 19.2 Å². The molecule has 0 aromatic heterocycles. The molecule has 0 radical (unpaired) electrons. The van der Waals surface area contributed by atoms with Crippen LogP contribution in [0.1, 0.15) is 24.9 Å². The minimum absolute atomic E-state index is 0.0764. The van der Waals surface area contributed by atoms with Crippen LogP contribution in [0.3, 0.4) is 0 Å². The SMILES string of the molecule is COc1ccccc1C(C)NC(=O)N(C)CCC(=O)O. The number of carbonyl (C=O) groups excluding carboxylic acids is 1. The highest BCUT2D eigenvalue weighted by Crippen LogP contribution is 2.24. The van der Waals surface area contributed by atoms with Gasteiger partial charge in [0.05, 0.1) is 19.6 Å². The first-order chi connectivity index (χ1) is 9.45. The number of nitrogens with zero attached hydrogens (tertiary/aromatic N) is 1. The van der Waals surface area contributed by atoms with E-state index in [4.69, 9.17) is 9.84 Å². The van der Waals surface area contributed by atoms with Gasteiger partial charge in [0.15, 0.2) is 0 Å². The third-order valence-electron chi connectivity index (χ3n) is 2.95. The van der Waals surface area contributed by atoms with E-state index in [1.54, 1.807) is 14.2 Å². The number of carboxylic acids is 1. The molecule has 110 valence electrons. The number of amides is 2. The minimum Gasteiger partial charge on any atom is -0.496 e. The van der Waals surface area contributed by atoms with E-state index in [2.05, 4.69) is 5.32 Å². The first-order valence-corrected chi connectivity index (χ1v) is 6.32. The van der Waals surface area contributed by atoms with Crippen LogP contribution < -0.4 is 10.1 Å². The van der Waals surface area contributed by atoms with Gasteiger partial charge in [-0.25, -0.2) is 4.79 Å². The van der Waals surface area contributed by atoms with E-state index in [0.29, 0.717) is 5.75 Å². The average molecular weight is 280 g/mol. The molecule has 0 aliphatic carbocycles. The van der Waals surface area contributed by atoms with Gasteiger partial charge in [-0.1, -0.05) is 18.2 Å². The van der Waals surface area contributed by atoms with Gasteiger partial charge in [-0.05, 0) is 13.0 Å². The second-order valence-electron chi connectivity index (χ2n) is 4.48. The summed E-state index contributed by atoms with van der Waals surface area (Å²) >= 11 is 0. The first-order valence-electron chi connectivity index (χ1n) is 6.32. The molecule has 0 saturated carbocycles.